The van der Waals surface area contributed by atoms with Crippen LogP contribution in [0.1, 0.15) is 41.3 Å². The minimum absolute atomic E-state index is 0.139. The average molecular weight is 345 g/mol. The summed E-state index contributed by atoms with van der Waals surface area (Å²) >= 11 is 0. The van der Waals surface area contributed by atoms with Crippen molar-refractivity contribution in [3.63, 3.8) is 0 Å². The molecule has 0 aliphatic carbocycles. The molecule has 132 valence electrons. The zero-order valence-corrected chi connectivity index (χ0v) is 15.1. The van der Waals surface area contributed by atoms with Gasteiger partial charge in [0, 0.05) is 18.4 Å². The fraction of sp³-hybridized carbons (Fsp3) is 0.182. The normalized spacial score (nSPS) is 10.6. The van der Waals surface area contributed by atoms with Gasteiger partial charge in [0.05, 0.1) is 17.4 Å². The van der Waals surface area contributed by atoms with Gasteiger partial charge in [-0.05, 0) is 35.2 Å². The molecule has 0 saturated heterocycles. The number of rotatable bonds is 6. The van der Waals surface area contributed by atoms with Gasteiger partial charge in [0.1, 0.15) is 0 Å². The molecule has 0 aliphatic heterocycles. The van der Waals surface area contributed by atoms with Crippen LogP contribution in [0.25, 0.3) is 0 Å². The molecule has 0 unspecified atom stereocenters. The quantitative estimate of drug-likeness (QED) is 0.669. The number of anilines is 2. The maximum atomic E-state index is 12.4. The first-order chi connectivity index (χ1) is 12.6. The molecule has 0 spiro atoms. The summed E-state index contributed by atoms with van der Waals surface area (Å²) in [4.78, 5) is 16.5. The number of nitrogens with one attached hydrogen (secondary N) is 2. The van der Waals surface area contributed by atoms with Crippen LogP contribution in [0.3, 0.4) is 0 Å². The first-order valence-electron chi connectivity index (χ1n) is 8.76. The molecular formula is C22H23N3O. The molecule has 3 aromatic rings. The molecule has 4 nitrogen and oxygen atoms in total. The standard InChI is InChI=1S/C22H23N3O/c1-16(2)18-8-10-20(11-9-18)25-21-12-19(14-23-15-21)22(26)24-13-17-6-4-3-5-7-17/h3-12,14-16,25H,13H2,1-2H3,(H,24,26). The molecule has 0 bridgehead atoms. The summed E-state index contributed by atoms with van der Waals surface area (Å²) in [6.07, 6.45) is 3.29. The summed E-state index contributed by atoms with van der Waals surface area (Å²) in [5, 5.41) is 6.22. The van der Waals surface area contributed by atoms with Crippen molar-refractivity contribution in [2.24, 2.45) is 0 Å². The van der Waals surface area contributed by atoms with Crippen LogP contribution >= 0.6 is 0 Å². The van der Waals surface area contributed by atoms with Gasteiger partial charge in [-0.25, -0.2) is 0 Å². The summed E-state index contributed by atoms with van der Waals surface area (Å²) in [6, 6.07) is 19.9. The Morgan fingerprint density at radius 3 is 2.38 bits per heavy atom. The number of hydrogen-bond donors (Lipinski definition) is 2. The molecule has 3 rings (SSSR count). The Bertz CT molecular complexity index is 858. The van der Waals surface area contributed by atoms with Gasteiger partial charge in [0.2, 0.25) is 0 Å². The fourth-order valence-electron chi connectivity index (χ4n) is 2.63. The number of nitrogens with zero attached hydrogens (tertiary/aromatic N) is 1. The number of carbonyl (C=O) groups excluding carboxylic acids is 1. The SMILES string of the molecule is CC(C)c1ccc(Nc2cncc(C(=O)NCc3ccccc3)c2)cc1. The lowest BCUT2D eigenvalue weighted by Crippen LogP contribution is -2.22. The van der Waals surface area contributed by atoms with Crippen LogP contribution in [0.2, 0.25) is 0 Å². The van der Waals surface area contributed by atoms with Gasteiger partial charge in [-0.3, -0.25) is 9.78 Å². The van der Waals surface area contributed by atoms with Gasteiger partial charge >= 0.3 is 0 Å². The van der Waals surface area contributed by atoms with Crippen LogP contribution in [-0.4, -0.2) is 10.9 Å². The summed E-state index contributed by atoms with van der Waals surface area (Å²) < 4.78 is 0. The predicted molar refractivity (Wildman–Crippen MR) is 106 cm³/mol. The Kier molecular flexibility index (Phi) is 5.64. The number of aromatic nitrogens is 1. The highest BCUT2D eigenvalue weighted by Gasteiger charge is 2.07. The highest BCUT2D eigenvalue weighted by molar-refractivity contribution is 5.94. The number of amides is 1. The van der Waals surface area contributed by atoms with E-state index in [2.05, 4.69) is 41.6 Å². The highest BCUT2D eigenvalue weighted by Crippen LogP contribution is 2.20. The van der Waals surface area contributed by atoms with E-state index in [-0.39, 0.29) is 5.91 Å². The van der Waals surface area contributed by atoms with Crippen molar-refractivity contribution >= 4 is 17.3 Å². The van der Waals surface area contributed by atoms with Crippen molar-refractivity contribution in [1.29, 1.82) is 0 Å². The number of benzene rings is 2. The first kappa shape index (κ1) is 17.7. The van der Waals surface area contributed by atoms with E-state index in [4.69, 9.17) is 0 Å². The van der Waals surface area contributed by atoms with Crippen molar-refractivity contribution < 1.29 is 4.79 Å². The summed E-state index contributed by atoms with van der Waals surface area (Å²) in [5.41, 5.74) is 4.65. The Morgan fingerprint density at radius 1 is 0.962 bits per heavy atom. The lowest BCUT2D eigenvalue weighted by Gasteiger charge is -2.10. The lowest BCUT2D eigenvalue weighted by molar-refractivity contribution is 0.0950. The molecule has 0 aliphatic rings. The molecule has 0 fully saturated rings. The topological polar surface area (TPSA) is 54.0 Å². The van der Waals surface area contributed by atoms with Crippen LogP contribution in [0.5, 0.6) is 0 Å². The minimum atomic E-state index is -0.139. The van der Waals surface area contributed by atoms with Gasteiger partial charge in [-0.2, -0.15) is 0 Å². The second-order valence-electron chi connectivity index (χ2n) is 6.53. The predicted octanol–water partition coefficient (Wildman–Crippen LogP) is 4.88. The van der Waals surface area contributed by atoms with Crippen molar-refractivity contribution in [3.05, 3.63) is 89.7 Å². The van der Waals surface area contributed by atoms with E-state index in [1.165, 1.54) is 5.56 Å². The number of carbonyl (C=O) groups is 1. The maximum absolute atomic E-state index is 12.4. The largest absolute Gasteiger partial charge is 0.354 e. The van der Waals surface area contributed by atoms with Gasteiger partial charge in [0.15, 0.2) is 0 Å². The third kappa shape index (κ3) is 4.70. The van der Waals surface area contributed by atoms with E-state index >= 15 is 0 Å². The summed E-state index contributed by atoms with van der Waals surface area (Å²) in [5.74, 6) is 0.363. The van der Waals surface area contributed by atoms with Crippen LogP contribution in [0, 0.1) is 0 Å². The highest BCUT2D eigenvalue weighted by atomic mass is 16.1. The molecule has 2 N–H and O–H groups in total. The number of pyridine rings is 1. The minimum Gasteiger partial charge on any atom is -0.354 e. The van der Waals surface area contributed by atoms with Crippen molar-refractivity contribution in [2.45, 2.75) is 26.3 Å². The molecule has 1 amide bonds. The van der Waals surface area contributed by atoms with Crippen LogP contribution in [-0.2, 0) is 6.54 Å². The van der Waals surface area contributed by atoms with E-state index in [0.29, 0.717) is 18.0 Å². The molecule has 26 heavy (non-hydrogen) atoms. The monoisotopic (exact) mass is 345 g/mol. The van der Waals surface area contributed by atoms with Crippen molar-refractivity contribution in [1.82, 2.24) is 10.3 Å². The molecule has 1 heterocycles. The average Bonchev–Trinajstić information content (AvgIpc) is 2.67. The Morgan fingerprint density at radius 2 is 1.69 bits per heavy atom. The molecule has 0 atom stereocenters. The second-order valence-corrected chi connectivity index (χ2v) is 6.53. The maximum Gasteiger partial charge on any atom is 0.253 e. The van der Waals surface area contributed by atoms with Crippen LogP contribution in [0.15, 0.2) is 73.1 Å². The Labute approximate surface area is 154 Å². The van der Waals surface area contributed by atoms with E-state index in [1.54, 1.807) is 12.4 Å². The van der Waals surface area contributed by atoms with Crippen LogP contribution in [0.4, 0.5) is 11.4 Å². The smallest absolute Gasteiger partial charge is 0.253 e. The van der Waals surface area contributed by atoms with Crippen molar-refractivity contribution in [2.75, 3.05) is 5.32 Å². The second kappa shape index (κ2) is 8.30. The fourth-order valence-corrected chi connectivity index (χ4v) is 2.63. The van der Waals surface area contributed by atoms with Gasteiger partial charge < -0.3 is 10.6 Å². The summed E-state index contributed by atoms with van der Waals surface area (Å²) in [6.45, 7) is 4.84. The van der Waals surface area contributed by atoms with E-state index < -0.39 is 0 Å². The molecule has 1 aromatic heterocycles. The Balaban J connectivity index is 1.64. The molecule has 0 radical (unpaired) electrons. The van der Waals surface area contributed by atoms with Gasteiger partial charge in [0.25, 0.3) is 5.91 Å². The third-order valence-corrected chi connectivity index (χ3v) is 4.16. The third-order valence-electron chi connectivity index (χ3n) is 4.16. The van der Waals surface area contributed by atoms with Gasteiger partial charge in [-0.15, -0.1) is 0 Å². The Hall–Kier alpha value is -3.14. The van der Waals surface area contributed by atoms with Crippen molar-refractivity contribution in [3.8, 4) is 0 Å². The number of hydrogen-bond acceptors (Lipinski definition) is 3. The first-order valence-corrected chi connectivity index (χ1v) is 8.76. The van der Waals surface area contributed by atoms with Crippen LogP contribution < -0.4 is 10.6 Å². The lowest BCUT2D eigenvalue weighted by atomic mass is 10.0. The molecule has 2 aromatic carbocycles. The molecule has 4 heteroatoms. The van der Waals surface area contributed by atoms with E-state index in [9.17, 15) is 4.79 Å². The summed E-state index contributed by atoms with van der Waals surface area (Å²) in [7, 11) is 0. The van der Waals surface area contributed by atoms with Gasteiger partial charge in [-0.1, -0.05) is 56.3 Å². The molecular weight excluding hydrogens is 322 g/mol. The van der Waals surface area contributed by atoms with E-state index in [0.717, 1.165) is 16.9 Å². The van der Waals surface area contributed by atoms with E-state index in [1.807, 2.05) is 48.5 Å². The zero-order chi connectivity index (χ0) is 18.4. The molecule has 0 saturated carbocycles. The zero-order valence-electron chi connectivity index (χ0n) is 15.1.